The number of para-hydroxylation sites is 1. The molecule has 0 atom stereocenters. The minimum absolute atomic E-state index is 0.842. The van der Waals surface area contributed by atoms with Crippen molar-refractivity contribution in [3.05, 3.63) is 170 Å². The van der Waals surface area contributed by atoms with Gasteiger partial charge in [-0.3, -0.25) is 0 Å². The molecule has 0 saturated heterocycles. The summed E-state index contributed by atoms with van der Waals surface area (Å²) < 4.78 is 13.5. The van der Waals surface area contributed by atoms with E-state index in [1.165, 1.54) is 33.0 Å². The van der Waals surface area contributed by atoms with Gasteiger partial charge in [-0.1, -0.05) is 152 Å². The maximum Gasteiger partial charge on any atom is 0.144 e. The minimum atomic E-state index is 0.842. The van der Waals surface area contributed by atoms with Crippen LogP contribution in [0.25, 0.3) is 99.2 Å². The van der Waals surface area contributed by atoms with Crippen LogP contribution in [0.4, 0.5) is 0 Å². The standard InChI is InChI=1S/C46H28O2/c1-3-15-29(16-4-1)31-19-7-8-20-32(31)42-33-21-9-11-23-35(33)43(36-24-12-10-22-34(36)42)46-41(30-17-5-2-6-18-30)45-40(48-46)28-27-39-44(45)37-25-13-14-26-38(37)47-39/h1-28H. The third-order valence-electron chi connectivity index (χ3n) is 9.70. The van der Waals surface area contributed by atoms with E-state index in [1.54, 1.807) is 0 Å². The van der Waals surface area contributed by atoms with Crippen molar-refractivity contribution in [2.24, 2.45) is 0 Å². The first-order valence-electron chi connectivity index (χ1n) is 16.4. The van der Waals surface area contributed by atoms with Crippen molar-refractivity contribution in [3.63, 3.8) is 0 Å². The molecule has 224 valence electrons. The third kappa shape index (κ3) is 3.93. The summed E-state index contributed by atoms with van der Waals surface area (Å²) in [5.74, 6) is 0.865. The van der Waals surface area contributed by atoms with Gasteiger partial charge in [-0.25, -0.2) is 0 Å². The van der Waals surface area contributed by atoms with Crippen LogP contribution in [0.5, 0.6) is 0 Å². The van der Waals surface area contributed by atoms with Gasteiger partial charge in [0.05, 0.1) is 0 Å². The third-order valence-corrected chi connectivity index (χ3v) is 9.70. The summed E-state index contributed by atoms with van der Waals surface area (Å²) >= 11 is 0. The van der Waals surface area contributed by atoms with Crippen LogP contribution in [-0.2, 0) is 0 Å². The molecule has 0 spiro atoms. The maximum atomic E-state index is 7.08. The fourth-order valence-corrected chi connectivity index (χ4v) is 7.70. The molecule has 0 saturated carbocycles. The van der Waals surface area contributed by atoms with Crippen molar-refractivity contribution >= 4 is 54.5 Å². The summed E-state index contributed by atoms with van der Waals surface area (Å²) in [4.78, 5) is 0. The first-order chi connectivity index (χ1) is 23.8. The van der Waals surface area contributed by atoms with Crippen LogP contribution in [0.2, 0.25) is 0 Å². The smallest absolute Gasteiger partial charge is 0.144 e. The van der Waals surface area contributed by atoms with Crippen LogP contribution in [0, 0.1) is 0 Å². The molecule has 0 aliphatic heterocycles. The van der Waals surface area contributed by atoms with E-state index in [0.29, 0.717) is 0 Å². The van der Waals surface area contributed by atoms with E-state index in [0.717, 1.165) is 66.1 Å². The van der Waals surface area contributed by atoms with Crippen molar-refractivity contribution < 1.29 is 8.83 Å². The number of benzene rings is 8. The molecular formula is C46H28O2. The lowest BCUT2D eigenvalue weighted by molar-refractivity contribution is 0.633. The highest BCUT2D eigenvalue weighted by molar-refractivity contribution is 6.27. The average Bonchev–Trinajstić information content (AvgIpc) is 3.73. The molecule has 0 fully saturated rings. The number of furan rings is 2. The topological polar surface area (TPSA) is 26.3 Å². The van der Waals surface area contributed by atoms with Gasteiger partial charge in [-0.2, -0.15) is 0 Å². The summed E-state index contributed by atoms with van der Waals surface area (Å²) in [6.07, 6.45) is 0. The molecule has 2 heteroatoms. The number of rotatable bonds is 4. The van der Waals surface area contributed by atoms with Gasteiger partial charge in [-0.15, -0.1) is 0 Å². The van der Waals surface area contributed by atoms with Gasteiger partial charge in [0.25, 0.3) is 0 Å². The normalized spacial score (nSPS) is 11.8. The molecule has 0 bridgehead atoms. The van der Waals surface area contributed by atoms with E-state index in [-0.39, 0.29) is 0 Å². The highest BCUT2D eigenvalue weighted by Gasteiger charge is 2.26. The van der Waals surface area contributed by atoms with Crippen LogP contribution in [0.3, 0.4) is 0 Å². The zero-order valence-corrected chi connectivity index (χ0v) is 26.0. The maximum absolute atomic E-state index is 7.08. The second-order valence-electron chi connectivity index (χ2n) is 12.3. The predicted octanol–water partition coefficient (Wildman–Crippen LogP) is 13.3. The fraction of sp³-hybridized carbons (Fsp3) is 0. The van der Waals surface area contributed by atoms with Crippen molar-refractivity contribution in [2.75, 3.05) is 0 Å². The molecule has 10 rings (SSSR count). The van der Waals surface area contributed by atoms with E-state index in [4.69, 9.17) is 8.83 Å². The quantitative estimate of drug-likeness (QED) is 0.185. The molecule has 0 radical (unpaired) electrons. The van der Waals surface area contributed by atoms with Crippen molar-refractivity contribution in [3.8, 4) is 44.7 Å². The Bertz CT molecular complexity index is 2760. The molecule has 10 aromatic rings. The summed E-state index contributed by atoms with van der Waals surface area (Å²) in [7, 11) is 0. The largest absolute Gasteiger partial charge is 0.456 e. The molecule has 0 N–H and O–H groups in total. The SMILES string of the molecule is c1ccc(-c2ccccc2-c2c3ccccc3c(-c3oc4ccc5oc6ccccc6c5c4c3-c3ccccc3)c3ccccc23)cc1. The Morgan fingerprint density at radius 1 is 0.271 bits per heavy atom. The Balaban J connectivity index is 1.38. The van der Waals surface area contributed by atoms with Crippen molar-refractivity contribution in [2.45, 2.75) is 0 Å². The monoisotopic (exact) mass is 612 g/mol. The number of hydrogen-bond donors (Lipinski definition) is 0. The van der Waals surface area contributed by atoms with Crippen LogP contribution in [-0.4, -0.2) is 0 Å². The Hall–Kier alpha value is -6.38. The van der Waals surface area contributed by atoms with Crippen molar-refractivity contribution in [1.29, 1.82) is 0 Å². The molecule has 2 aromatic heterocycles. The van der Waals surface area contributed by atoms with E-state index in [1.807, 2.05) is 18.2 Å². The molecule has 2 heterocycles. The molecule has 8 aromatic carbocycles. The molecular weight excluding hydrogens is 585 g/mol. The summed E-state index contributed by atoms with van der Waals surface area (Å²) in [5.41, 5.74) is 10.7. The van der Waals surface area contributed by atoms with Gasteiger partial charge in [0.1, 0.15) is 22.5 Å². The van der Waals surface area contributed by atoms with Crippen LogP contribution < -0.4 is 0 Å². The molecule has 0 aliphatic rings. The first-order valence-corrected chi connectivity index (χ1v) is 16.4. The van der Waals surface area contributed by atoms with Gasteiger partial charge >= 0.3 is 0 Å². The summed E-state index contributed by atoms with van der Waals surface area (Å²) in [5, 5.41) is 7.92. The Morgan fingerprint density at radius 2 is 0.750 bits per heavy atom. The molecule has 0 unspecified atom stereocenters. The molecule has 48 heavy (non-hydrogen) atoms. The van der Waals surface area contributed by atoms with Crippen LogP contribution >= 0.6 is 0 Å². The highest BCUT2D eigenvalue weighted by atomic mass is 16.3. The van der Waals surface area contributed by atoms with E-state index < -0.39 is 0 Å². The summed E-state index contributed by atoms with van der Waals surface area (Å²) in [6.45, 7) is 0. The van der Waals surface area contributed by atoms with Gasteiger partial charge in [0, 0.05) is 27.3 Å². The van der Waals surface area contributed by atoms with Gasteiger partial charge in [0.2, 0.25) is 0 Å². The fourth-order valence-electron chi connectivity index (χ4n) is 7.70. The zero-order chi connectivity index (χ0) is 31.6. The number of fused-ring (bicyclic) bond motifs is 7. The van der Waals surface area contributed by atoms with Gasteiger partial charge in [-0.05, 0) is 67.6 Å². The summed E-state index contributed by atoms with van der Waals surface area (Å²) in [6, 6.07) is 60.1. The minimum Gasteiger partial charge on any atom is -0.456 e. The highest BCUT2D eigenvalue weighted by Crippen LogP contribution is 2.51. The average molecular weight is 613 g/mol. The van der Waals surface area contributed by atoms with Gasteiger partial charge in [0.15, 0.2) is 0 Å². The molecule has 2 nitrogen and oxygen atoms in total. The first kappa shape index (κ1) is 26.8. The Morgan fingerprint density at radius 3 is 1.40 bits per heavy atom. The lowest BCUT2D eigenvalue weighted by Crippen LogP contribution is -1.93. The van der Waals surface area contributed by atoms with E-state index >= 15 is 0 Å². The Labute approximate surface area is 277 Å². The second-order valence-corrected chi connectivity index (χ2v) is 12.3. The predicted molar refractivity (Wildman–Crippen MR) is 200 cm³/mol. The van der Waals surface area contributed by atoms with Crippen molar-refractivity contribution in [1.82, 2.24) is 0 Å². The zero-order valence-electron chi connectivity index (χ0n) is 26.0. The second kappa shape index (κ2) is 10.6. The lowest BCUT2D eigenvalue weighted by Gasteiger charge is -2.19. The number of hydrogen-bond acceptors (Lipinski definition) is 2. The van der Waals surface area contributed by atoms with Gasteiger partial charge < -0.3 is 8.83 Å². The van der Waals surface area contributed by atoms with Crippen LogP contribution in [0.15, 0.2) is 179 Å². The molecule has 0 aliphatic carbocycles. The van der Waals surface area contributed by atoms with E-state index in [9.17, 15) is 0 Å². The van der Waals surface area contributed by atoms with Crippen LogP contribution in [0.1, 0.15) is 0 Å². The lowest BCUT2D eigenvalue weighted by atomic mass is 9.84. The Kier molecular flexibility index (Phi) is 5.91. The van der Waals surface area contributed by atoms with E-state index in [2.05, 4.69) is 152 Å². The molecule has 0 amide bonds.